The predicted octanol–water partition coefficient (Wildman–Crippen LogP) is 2.73. The lowest BCUT2D eigenvalue weighted by atomic mass is 10.0. The highest BCUT2D eigenvalue weighted by molar-refractivity contribution is 5.85. The maximum Gasteiger partial charge on any atom is 0.416 e. The van der Waals surface area contributed by atoms with E-state index in [-0.39, 0.29) is 30.4 Å². The van der Waals surface area contributed by atoms with E-state index in [2.05, 4.69) is 5.32 Å². The van der Waals surface area contributed by atoms with Crippen LogP contribution in [0.3, 0.4) is 0 Å². The number of amides is 1. The normalized spacial score (nSPS) is 12.8. The zero-order chi connectivity index (χ0) is 14.6. The van der Waals surface area contributed by atoms with Crippen LogP contribution in [0.1, 0.15) is 25.0 Å². The SMILES string of the molecule is CC(C)[C@H](N)C(=O)NCc1ccccc1C(F)(F)F.Cl. The average Bonchev–Trinajstić information content (AvgIpc) is 2.34. The van der Waals surface area contributed by atoms with E-state index >= 15 is 0 Å². The summed E-state index contributed by atoms with van der Waals surface area (Å²) in [6, 6.07) is 4.42. The topological polar surface area (TPSA) is 55.1 Å². The van der Waals surface area contributed by atoms with Crippen LogP contribution in [-0.2, 0) is 17.5 Å². The molecule has 1 amide bonds. The van der Waals surface area contributed by atoms with E-state index in [1.54, 1.807) is 13.8 Å². The number of nitrogens with one attached hydrogen (secondary N) is 1. The highest BCUT2D eigenvalue weighted by atomic mass is 35.5. The summed E-state index contributed by atoms with van der Waals surface area (Å²) >= 11 is 0. The highest BCUT2D eigenvalue weighted by Gasteiger charge is 2.32. The number of nitrogens with two attached hydrogens (primary N) is 1. The van der Waals surface area contributed by atoms with Gasteiger partial charge in [-0.15, -0.1) is 12.4 Å². The first-order chi connectivity index (χ1) is 8.73. The van der Waals surface area contributed by atoms with Crippen molar-refractivity contribution in [3.05, 3.63) is 35.4 Å². The predicted molar refractivity (Wildman–Crippen MR) is 73.4 cm³/mol. The van der Waals surface area contributed by atoms with Crippen molar-refractivity contribution in [1.29, 1.82) is 0 Å². The van der Waals surface area contributed by atoms with Crippen LogP contribution in [0, 0.1) is 5.92 Å². The van der Waals surface area contributed by atoms with E-state index in [4.69, 9.17) is 5.73 Å². The molecule has 1 aromatic carbocycles. The fourth-order valence-corrected chi connectivity index (χ4v) is 1.55. The molecule has 0 fully saturated rings. The fourth-order valence-electron chi connectivity index (χ4n) is 1.55. The Morgan fingerprint density at radius 1 is 1.30 bits per heavy atom. The van der Waals surface area contributed by atoms with E-state index in [1.165, 1.54) is 18.2 Å². The molecule has 0 aromatic heterocycles. The first kappa shape index (κ1) is 18.7. The number of carbonyl (C=O) groups excluding carboxylic acids is 1. The molecule has 3 nitrogen and oxygen atoms in total. The third-order valence-electron chi connectivity index (χ3n) is 2.80. The minimum Gasteiger partial charge on any atom is -0.351 e. The summed E-state index contributed by atoms with van der Waals surface area (Å²) in [7, 11) is 0. The molecule has 0 radical (unpaired) electrons. The van der Waals surface area contributed by atoms with Gasteiger partial charge in [-0.3, -0.25) is 4.79 Å². The summed E-state index contributed by atoms with van der Waals surface area (Å²) in [6.07, 6.45) is -4.43. The van der Waals surface area contributed by atoms with Crippen LogP contribution < -0.4 is 11.1 Å². The molecule has 0 heterocycles. The Bertz CT molecular complexity index is 449. The number of alkyl halides is 3. The second kappa shape index (κ2) is 7.50. The lowest BCUT2D eigenvalue weighted by molar-refractivity contribution is -0.138. The van der Waals surface area contributed by atoms with Crippen molar-refractivity contribution in [2.24, 2.45) is 11.7 Å². The summed E-state index contributed by atoms with van der Waals surface area (Å²) < 4.78 is 38.2. The molecule has 7 heteroatoms. The summed E-state index contributed by atoms with van der Waals surface area (Å²) in [5, 5.41) is 2.43. The molecule has 0 aliphatic rings. The third kappa shape index (κ3) is 5.02. The van der Waals surface area contributed by atoms with Crippen LogP contribution >= 0.6 is 12.4 Å². The number of hydrogen-bond donors (Lipinski definition) is 2. The standard InChI is InChI=1S/C13H17F3N2O.ClH/c1-8(2)11(17)12(19)18-7-9-5-3-4-6-10(9)13(14,15)16;/h3-6,8,11H,7,17H2,1-2H3,(H,18,19);1H/t11-;/m0./s1. The number of hydrogen-bond acceptors (Lipinski definition) is 2. The minimum atomic E-state index is -4.43. The van der Waals surface area contributed by atoms with Gasteiger partial charge in [-0.1, -0.05) is 32.0 Å². The van der Waals surface area contributed by atoms with Crippen LogP contribution in [0.15, 0.2) is 24.3 Å². The molecule has 3 N–H and O–H groups in total. The molecule has 0 aliphatic heterocycles. The van der Waals surface area contributed by atoms with Gasteiger partial charge < -0.3 is 11.1 Å². The first-order valence-corrected chi connectivity index (χ1v) is 5.92. The van der Waals surface area contributed by atoms with Crippen molar-refractivity contribution in [2.45, 2.75) is 32.6 Å². The zero-order valence-corrected chi connectivity index (χ0v) is 12.0. The summed E-state index contributed by atoms with van der Waals surface area (Å²) in [6.45, 7) is 3.36. The number of halogens is 4. The molecule has 20 heavy (non-hydrogen) atoms. The van der Waals surface area contributed by atoms with Crippen molar-refractivity contribution in [3.8, 4) is 0 Å². The molecular formula is C13H18ClF3N2O. The minimum absolute atomic E-state index is 0. The van der Waals surface area contributed by atoms with Gasteiger partial charge in [-0.05, 0) is 17.5 Å². The second-order valence-electron chi connectivity index (χ2n) is 4.64. The largest absolute Gasteiger partial charge is 0.416 e. The maximum absolute atomic E-state index is 12.7. The molecule has 0 aliphatic carbocycles. The Kier molecular flexibility index (Phi) is 7.02. The Balaban J connectivity index is 0.00000361. The molecule has 114 valence electrons. The Hall–Kier alpha value is -1.27. The van der Waals surface area contributed by atoms with Gasteiger partial charge in [-0.2, -0.15) is 13.2 Å². The molecule has 0 saturated carbocycles. The van der Waals surface area contributed by atoms with E-state index in [9.17, 15) is 18.0 Å². The lowest BCUT2D eigenvalue weighted by Crippen LogP contribution is -2.43. The fraction of sp³-hybridized carbons (Fsp3) is 0.462. The Labute approximate surface area is 122 Å². The monoisotopic (exact) mass is 310 g/mol. The van der Waals surface area contributed by atoms with Crippen LogP contribution in [0.4, 0.5) is 13.2 Å². The van der Waals surface area contributed by atoms with Crippen LogP contribution in [0.25, 0.3) is 0 Å². The van der Waals surface area contributed by atoms with Crippen molar-refractivity contribution < 1.29 is 18.0 Å². The quantitative estimate of drug-likeness (QED) is 0.898. The highest BCUT2D eigenvalue weighted by Crippen LogP contribution is 2.31. The van der Waals surface area contributed by atoms with E-state index in [1.807, 2.05) is 0 Å². The first-order valence-electron chi connectivity index (χ1n) is 5.92. The van der Waals surface area contributed by atoms with Gasteiger partial charge in [0, 0.05) is 6.54 Å². The molecule has 1 atom stereocenters. The third-order valence-corrected chi connectivity index (χ3v) is 2.80. The van der Waals surface area contributed by atoms with Crippen LogP contribution in [-0.4, -0.2) is 11.9 Å². The molecule has 1 rings (SSSR count). The van der Waals surface area contributed by atoms with Crippen molar-refractivity contribution in [2.75, 3.05) is 0 Å². The average molecular weight is 311 g/mol. The molecule has 0 spiro atoms. The van der Waals surface area contributed by atoms with Gasteiger partial charge in [0.2, 0.25) is 5.91 Å². The Morgan fingerprint density at radius 2 is 1.85 bits per heavy atom. The molecule has 0 bridgehead atoms. The van der Waals surface area contributed by atoms with Gasteiger partial charge in [0.15, 0.2) is 0 Å². The smallest absolute Gasteiger partial charge is 0.351 e. The van der Waals surface area contributed by atoms with Gasteiger partial charge in [0.05, 0.1) is 11.6 Å². The van der Waals surface area contributed by atoms with E-state index in [0.29, 0.717) is 0 Å². The van der Waals surface area contributed by atoms with Gasteiger partial charge >= 0.3 is 6.18 Å². The van der Waals surface area contributed by atoms with Gasteiger partial charge in [0.1, 0.15) is 0 Å². The molecule has 0 saturated heterocycles. The number of carbonyl (C=O) groups is 1. The molecule has 1 aromatic rings. The number of rotatable bonds is 4. The molecule has 0 unspecified atom stereocenters. The molecular weight excluding hydrogens is 293 g/mol. The van der Waals surface area contributed by atoms with Gasteiger partial charge in [0.25, 0.3) is 0 Å². The maximum atomic E-state index is 12.7. The van der Waals surface area contributed by atoms with E-state index in [0.717, 1.165) is 6.07 Å². The van der Waals surface area contributed by atoms with Crippen LogP contribution in [0.2, 0.25) is 0 Å². The van der Waals surface area contributed by atoms with E-state index < -0.39 is 23.7 Å². The Morgan fingerprint density at radius 3 is 2.35 bits per heavy atom. The zero-order valence-electron chi connectivity index (χ0n) is 11.2. The second-order valence-corrected chi connectivity index (χ2v) is 4.64. The summed E-state index contributed by atoms with van der Waals surface area (Å²) in [5.41, 5.74) is 4.90. The lowest BCUT2D eigenvalue weighted by Gasteiger charge is -2.17. The van der Waals surface area contributed by atoms with Crippen molar-refractivity contribution in [3.63, 3.8) is 0 Å². The van der Waals surface area contributed by atoms with Crippen molar-refractivity contribution in [1.82, 2.24) is 5.32 Å². The van der Waals surface area contributed by atoms with Crippen molar-refractivity contribution >= 4 is 18.3 Å². The van der Waals surface area contributed by atoms with Gasteiger partial charge in [-0.25, -0.2) is 0 Å². The summed E-state index contributed by atoms with van der Waals surface area (Å²) in [5.74, 6) is -0.523. The summed E-state index contributed by atoms with van der Waals surface area (Å²) in [4.78, 5) is 11.6. The van der Waals surface area contributed by atoms with Crippen LogP contribution in [0.5, 0.6) is 0 Å². The number of benzene rings is 1.